The summed E-state index contributed by atoms with van der Waals surface area (Å²) in [6.07, 6.45) is 1.39. The molecule has 76 heavy (non-hydrogen) atoms. The Morgan fingerprint density at radius 2 is 0.750 bits per heavy atom. The first-order valence-electron chi connectivity index (χ1n) is 26.8. The molecule has 9 aromatic carbocycles. The molecule has 4 heterocycles. The van der Waals surface area contributed by atoms with E-state index in [0.717, 1.165) is 33.4 Å². The van der Waals surface area contributed by atoms with Gasteiger partial charge in [0, 0.05) is 56.3 Å². The zero-order chi connectivity index (χ0) is 52.6. The Morgan fingerprint density at radius 1 is 0.408 bits per heavy atom. The molecule has 380 valence electrons. The van der Waals surface area contributed by atoms with Gasteiger partial charge in [-0.15, -0.1) is 0 Å². The van der Waals surface area contributed by atoms with Crippen molar-refractivity contribution < 1.29 is 38.1 Å². The van der Waals surface area contributed by atoms with Crippen LogP contribution in [0.1, 0.15) is 154 Å². The molecule has 0 aliphatic carbocycles. The largest absolute Gasteiger partial charge is 0.456 e. The van der Waals surface area contributed by atoms with Crippen LogP contribution in [-0.2, 0) is 22.3 Å². The molecule has 0 N–H and O–H groups in total. The fourth-order valence-electron chi connectivity index (χ4n) is 12.1. The molecule has 0 aromatic heterocycles. The number of fused-ring (bicyclic) bond motifs is 2. The lowest BCUT2D eigenvalue weighted by atomic mass is 9.80. The Balaban J connectivity index is 1.14. The van der Waals surface area contributed by atoms with Crippen LogP contribution in [0.3, 0.4) is 0 Å². The number of ether oxygens (including phenoxy) is 4. The Kier molecular flexibility index (Phi) is 11.2. The van der Waals surface area contributed by atoms with Crippen LogP contribution in [0.25, 0.3) is 43.1 Å². The normalized spacial score (nSPS) is 17.1. The average Bonchev–Trinajstić information content (AvgIpc) is 4.37. The third-order valence-corrected chi connectivity index (χ3v) is 16.0. The van der Waals surface area contributed by atoms with Gasteiger partial charge in [0.15, 0.2) is 0 Å². The second-order valence-electron chi connectivity index (χ2n) is 22.2. The summed E-state index contributed by atoms with van der Waals surface area (Å²) < 4.78 is 25.9. The second kappa shape index (κ2) is 17.9. The van der Waals surface area contributed by atoms with Gasteiger partial charge in [-0.3, -0.25) is 19.2 Å². The summed E-state index contributed by atoms with van der Waals surface area (Å²) in [6.45, 7) is 17.9. The molecule has 10 heteroatoms. The van der Waals surface area contributed by atoms with Gasteiger partial charge in [-0.05, 0) is 104 Å². The van der Waals surface area contributed by atoms with Gasteiger partial charge >= 0.3 is 0 Å². The molecule has 2 fully saturated rings. The Morgan fingerprint density at radius 3 is 1.09 bits per heavy atom. The molecule has 2 saturated heterocycles. The number of hydrogen-bond acceptors (Lipinski definition) is 8. The van der Waals surface area contributed by atoms with Gasteiger partial charge < -0.3 is 18.9 Å². The number of rotatable bonds is 14. The van der Waals surface area contributed by atoms with Crippen LogP contribution < -0.4 is 19.3 Å². The Labute approximate surface area is 441 Å². The lowest BCUT2D eigenvalue weighted by molar-refractivity contribution is 0.0877. The topological polar surface area (TPSA) is 118 Å². The molecule has 0 saturated carbocycles. The van der Waals surface area contributed by atoms with Gasteiger partial charge in [-0.25, -0.2) is 9.80 Å². The first-order valence-corrected chi connectivity index (χ1v) is 26.8. The minimum Gasteiger partial charge on any atom is -0.456 e. The van der Waals surface area contributed by atoms with Crippen LogP contribution in [-0.4, -0.2) is 49.1 Å². The van der Waals surface area contributed by atoms with E-state index in [2.05, 4.69) is 55.4 Å². The third kappa shape index (κ3) is 7.43. The van der Waals surface area contributed by atoms with Crippen molar-refractivity contribution in [3.8, 4) is 23.0 Å². The summed E-state index contributed by atoms with van der Waals surface area (Å²) >= 11 is 0. The number of hydrogen-bond donors (Lipinski definition) is 0. The van der Waals surface area contributed by atoms with Crippen LogP contribution in [0.2, 0.25) is 0 Å². The van der Waals surface area contributed by atoms with E-state index in [9.17, 15) is 0 Å². The van der Waals surface area contributed by atoms with Gasteiger partial charge in [-0.2, -0.15) is 0 Å². The van der Waals surface area contributed by atoms with Crippen molar-refractivity contribution in [1.82, 2.24) is 0 Å². The molecule has 4 aliphatic heterocycles. The molecule has 0 bridgehead atoms. The van der Waals surface area contributed by atoms with Crippen molar-refractivity contribution in [3.05, 3.63) is 177 Å². The minimum atomic E-state index is -0.455. The third-order valence-electron chi connectivity index (χ3n) is 16.0. The van der Waals surface area contributed by atoms with Crippen LogP contribution in [0, 0.1) is 0 Å². The average molecular weight is 1010 g/mol. The molecule has 4 amide bonds. The molecule has 9 aromatic rings. The standard InChI is InChI=1S/C66H58N2O8/c1-33(2)41-17-13-18-42(34(3)4)61(41)67-63(69)47-25-23-45-58-54(76-52-22-12-10-16-38(52)28-40-32-74-40)30-50-56-48(64(70)68(66(50)72)62-43(35(5)6)19-14-20-44(62)36(7)8)26-24-46(60(56)58)57-53(29-49(65(67)71)55(47)59(45)57)75-51-21-11-9-15-37(51)27-39-31-73-39/h9-26,29-30,33-36,39-40H,27-28,31-32H2,1-8H3. The molecule has 2 unspecified atom stereocenters. The number of anilines is 2. The zero-order valence-corrected chi connectivity index (χ0v) is 44.0. The fraction of sp³-hybridized carbons (Fsp3) is 0.273. The first-order chi connectivity index (χ1) is 36.7. The number of amides is 4. The van der Waals surface area contributed by atoms with E-state index in [1.807, 2.05) is 109 Å². The molecule has 13 rings (SSSR count). The van der Waals surface area contributed by atoms with Gasteiger partial charge in [0.1, 0.15) is 23.0 Å². The highest BCUT2D eigenvalue weighted by Gasteiger charge is 2.42. The molecule has 10 nitrogen and oxygen atoms in total. The number of para-hydroxylation sites is 4. The Bertz CT molecular complexity index is 3660. The summed E-state index contributed by atoms with van der Waals surface area (Å²) in [7, 11) is 0. The first kappa shape index (κ1) is 47.8. The fourth-order valence-corrected chi connectivity index (χ4v) is 12.1. The highest BCUT2D eigenvalue weighted by Crippen LogP contribution is 2.55. The van der Waals surface area contributed by atoms with Crippen molar-refractivity contribution in [2.75, 3.05) is 23.0 Å². The van der Waals surface area contributed by atoms with Crippen LogP contribution >= 0.6 is 0 Å². The lowest BCUT2D eigenvalue weighted by Crippen LogP contribution is -2.42. The number of carbonyl (C=O) groups excluding carboxylic acids is 4. The summed E-state index contributed by atoms with van der Waals surface area (Å²) in [4.78, 5) is 65.4. The van der Waals surface area contributed by atoms with Crippen molar-refractivity contribution in [3.63, 3.8) is 0 Å². The maximum Gasteiger partial charge on any atom is 0.266 e. The summed E-state index contributed by atoms with van der Waals surface area (Å²) in [5.41, 5.74) is 8.06. The van der Waals surface area contributed by atoms with E-state index < -0.39 is 23.6 Å². The molecule has 4 aliphatic rings. The highest BCUT2D eigenvalue weighted by molar-refractivity contribution is 6.47. The van der Waals surface area contributed by atoms with Gasteiger partial charge in [0.25, 0.3) is 23.6 Å². The summed E-state index contributed by atoms with van der Waals surface area (Å²) in [6, 6.07) is 38.9. The number of nitrogens with zero attached hydrogens (tertiary/aromatic N) is 2. The number of epoxide rings is 2. The van der Waals surface area contributed by atoms with Crippen LogP contribution in [0.5, 0.6) is 23.0 Å². The van der Waals surface area contributed by atoms with Crippen molar-refractivity contribution in [2.24, 2.45) is 0 Å². The smallest absolute Gasteiger partial charge is 0.266 e. The Hall–Kier alpha value is -7.92. The van der Waals surface area contributed by atoms with Crippen molar-refractivity contribution in [1.29, 1.82) is 0 Å². The van der Waals surface area contributed by atoms with Gasteiger partial charge in [0.2, 0.25) is 0 Å². The predicted molar refractivity (Wildman–Crippen MR) is 299 cm³/mol. The van der Waals surface area contributed by atoms with E-state index in [1.165, 1.54) is 9.80 Å². The number of benzene rings is 9. The van der Waals surface area contributed by atoms with Crippen LogP contribution in [0.15, 0.2) is 121 Å². The van der Waals surface area contributed by atoms with E-state index in [0.29, 0.717) is 126 Å². The summed E-state index contributed by atoms with van der Waals surface area (Å²) in [5.74, 6) is 0.238. The quantitative estimate of drug-likeness (QED) is 0.0457. The molecule has 2 atom stereocenters. The van der Waals surface area contributed by atoms with Crippen molar-refractivity contribution >= 4 is 78.1 Å². The van der Waals surface area contributed by atoms with Crippen molar-refractivity contribution in [2.45, 2.75) is 104 Å². The van der Waals surface area contributed by atoms with E-state index >= 15 is 19.2 Å². The van der Waals surface area contributed by atoms with Crippen LogP contribution in [0.4, 0.5) is 11.4 Å². The minimum absolute atomic E-state index is 0.00363. The molecular weight excluding hydrogens is 949 g/mol. The zero-order valence-electron chi connectivity index (χ0n) is 44.0. The maximum atomic E-state index is 15.8. The van der Waals surface area contributed by atoms with E-state index in [1.54, 1.807) is 12.1 Å². The number of carbonyl (C=O) groups is 4. The molecule has 0 spiro atoms. The van der Waals surface area contributed by atoms with E-state index in [-0.39, 0.29) is 35.9 Å². The highest BCUT2D eigenvalue weighted by atomic mass is 16.6. The second-order valence-corrected chi connectivity index (χ2v) is 22.2. The van der Waals surface area contributed by atoms with E-state index in [4.69, 9.17) is 18.9 Å². The molecular formula is C66H58N2O8. The lowest BCUT2D eigenvalue weighted by Gasteiger charge is -2.34. The predicted octanol–water partition coefficient (Wildman–Crippen LogP) is 15.3. The maximum absolute atomic E-state index is 15.8. The summed E-state index contributed by atoms with van der Waals surface area (Å²) in [5, 5.41) is 4.88. The number of imide groups is 2. The SMILES string of the molecule is CC(C)c1cccc(C(C)C)c1N1C(=O)c2ccc3c4c(Oc5ccccc5CC5CO5)cc5c6c(ccc(c7c(Oc8ccccc8CC8CO8)cc(c2c37)C1=O)c64)C(=O)N(c1c(C(C)C)cccc1C(C)C)C5=O. The molecule has 0 radical (unpaired) electrons. The van der Waals surface area contributed by atoms with Gasteiger partial charge in [0.05, 0.1) is 47.9 Å². The van der Waals surface area contributed by atoms with Gasteiger partial charge in [-0.1, -0.05) is 140 Å². The monoisotopic (exact) mass is 1010 g/mol.